The summed E-state index contributed by atoms with van der Waals surface area (Å²) >= 11 is 0. The predicted molar refractivity (Wildman–Crippen MR) is 84.3 cm³/mol. The number of aromatic nitrogens is 1. The Kier molecular flexibility index (Phi) is 6.64. The minimum Gasteiger partial charge on any atom is -0.355 e. The van der Waals surface area contributed by atoms with Crippen molar-refractivity contribution in [3.8, 4) is 0 Å². The van der Waals surface area contributed by atoms with E-state index in [2.05, 4.69) is 53.5 Å². The van der Waals surface area contributed by atoms with Gasteiger partial charge in [-0.3, -0.25) is 0 Å². The van der Waals surface area contributed by atoms with Gasteiger partial charge < -0.3 is 34.3 Å². The van der Waals surface area contributed by atoms with Crippen LogP contribution >= 0.6 is 15.6 Å². The van der Waals surface area contributed by atoms with Crippen molar-refractivity contribution in [2.75, 3.05) is 0 Å². The lowest BCUT2D eigenvalue weighted by molar-refractivity contribution is 0.272. The number of fused-ring (bicyclic) bond motifs is 3. The Morgan fingerprint density at radius 1 is 0.609 bits per heavy atom. The molecule has 0 radical (unpaired) electrons. The van der Waals surface area contributed by atoms with Gasteiger partial charge in [0.1, 0.15) is 0 Å². The third-order valence-electron chi connectivity index (χ3n) is 2.41. The Hall–Kier alpha value is -1.54. The molecular weight excluding hydrogens is 348 g/mol. The van der Waals surface area contributed by atoms with Crippen LogP contribution in [0.1, 0.15) is 0 Å². The first-order valence-electron chi connectivity index (χ1n) is 5.97. The number of para-hydroxylation sites is 2. The SMILES string of the molecule is O=P(O)(O)O.O=P(O)(O)O.c1ccc2c(c1)[nH]c1ccccc12. The van der Waals surface area contributed by atoms with Crippen LogP contribution in [-0.4, -0.2) is 34.3 Å². The Morgan fingerprint density at radius 3 is 1.17 bits per heavy atom. The molecule has 0 aliphatic carbocycles. The highest BCUT2D eigenvalue weighted by Crippen LogP contribution is 2.26. The molecule has 0 amide bonds. The van der Waals surface area contributed by atoms with Crippen molar-refractivity contribution in [3.05, 3.63) is 48.5 Å². The minimum absolute atomic E-state index is 1.21. The molecule has 2 aromatic carbocycles. The zero-order valence-corrected chi connectivity index (χ0v) is 13.3. The van der Waals surface area contributed by atoms with Gasteiger partial charge in [-0.1, -0.05) is 36.4 Å². The normalized spacial score (nSPS) is 11.4. The molecule has 0 aliphatic rings. The number of hydrogen-bond donors (Lipinski definition) is 7. The third kappa shape index (κ3) is 8.61. The molecule has 7 N–H and O–H groups in total. The standard InChI is InChI=1S/C12H9N.2H3O4P/c1-3-7-11-9(5-1)10-6-2-4-8-12(10)13-11;2*1-5(2,3)4/h1-8,13H;2*(H3,1,2,3,4). The maximum Gasteiger partial charge on any atom is 0.466 e. The summed E-state index contributed by atoms with van der Waals surface area (Å²) in [5, 5.41) is 2.61. The van der Waals surface area contributed by atoms with Crippen LogP contribution in [0.2, 0.25) is 0 Å². The lowest BCUT2D eigenvalue weighted by atomic mass is 10.2. The number of phosphoric acid groups is 2. The topological polar surface area (TPSA) is 171 Å². The second-order valence-corrected chi connectivity index (χ2v) is 6.30. The zero-order valence-electron chi connectivity index (χ0n) is 11.5. The molecule has 0 fully saturated rings. The summed E-state index contributed by atoms with van der Waals surface area (Å²) in [7, 11) is -9.28. The van der Waals surface area contributed by atoms with Crippen LogP contribution in [0, 0.1) is 0 Å². The third-order valence-corrected chi connectivity index (χ3v) is 2.41. The zero-order chi connectivity index (χ0) is 17.7. The highest BCUT2D eigenvalue weighted by atomic mass is 31.2. The molecule has 0 unspecified atom stereocenters. The van der Waals surface area contributed by atoms with Gasteiger partial charge >= 0.3 is 15.6 Å². The molecule has 3 rings (SSSR count). The van der Waals surface area contributed by atoms with Crippen molar-refractivity contribution in [2.45, 2.75) is 0 Å². The van der Waals surface area contributed by atoms with Crippen LogP contribution in [0.5, 0.6) is 0 Å². The second-order valence-electron chi connectivity index (χ2n) is 4.24. The number of nitrogens with one attached hydrogen (secondary N) is 1. The van der Waals surface area contributed by atoms with Crippen molar-refractivity contribution in [3.63, 3.8) is 0 Å². The second kappa shape index (κ2) is 7.83. The van der Waals surface area contributed by atoms with E-state index >= 15 is 0 Å². The van der Waals surface area contributed by atoms with Crippen LogP contribution in [0.3, 0.4) is 0 Å². The smallest absolute Gasteiger partial charge is 0.355 e. The van der Waals surface area contributed by atoms with Crippen molar-refractivity contribution in [1.29, 1.82) is 0 Å². The molecule has 23 heavy (non-hydrogen) atoms. The summed E-state index contributed by atoms with van der Waals surface area (Å²) in [6.07, 6.45) is 0. The minimum atomic E-state index is -4.64. The molecule has 0 saturated carbocycles. The Morgan fingerprint density at radius 2 is 0.870 bits per heavy atom. The molecule has 0 aliphatic heterocycles. The number of rotatable bonds is 0. The van der Waals surface area contributed by atoms with Crippen LogP contribution in [-0.2, 0) is 9.13 Å². The number of aromatic amines is 1. The molecular formula is C12H15NO8P2. The van der Waals surface area contributed by atoms with Crippen LogP contribution in [0.15, 0.2) is 48.5 Å². The summed E-state index contributed by atoms with van der Waals surface area (Å²) < 4.78 is 17.8. The number of hydrogen-bond acceptors (Lipinski definition) is 2. The van der Waals surface area contributed by atoms with Crippen LogP contribution in [0.4, 0.5) is 0 Å². The van der Waals surface area contributed by atoms with Crippen LogP contribution in [0.25, 0.3) is 21.8 Å². The molecule has 11 heteroatoms. The molecule has 1 heterocycles. The van der Waals surface area contributed by atoms with E-state index < -0.39 is 15.6 Å². The van der Waals surface area contributed by atoms with Gasteiger partial charge in [-0.25, -0.2) is 9.13 Å². The molecule has 0 spiro atoms. The fourth-order valence-corrected chi connectivity index (χ4v) is 1.80. The Balaban J connectivity index is 0.000000224. The molecule has 3 aromatic rings. The van der Waals surface area contributed by atoms with E-state index in [0.29, 0.717) is 0 Å². The number of benzene rings is 2. The maximum absolute atomic E-state index is 8.88. The van der Waals surface area contributed by atoms with Gasteiger partial charge in [0.15, 0.2) is 0 Å². The maximum atomic E-state index is 8.88. The van der Waals surface area contributed by atoms with E-state index in [-0.39, 0.29) is 0 Å². The van der Waals surface area contributed by atoms with Crippen molar-refractivity contribution in [2.24, 2.45) is 0 Å². The lowest BCUT2D eigenvalue weighted by Gasteiger charge is -1.87. The first kappa shape index (κ1) is 19.5. The first-order valence-corrected chi connectivity index (χ1v) is 9.10. The lowest BCUT2D eigenvalue weighted by Crippen LogP contribution is -1.66. The predicted octanol–water partition coefficient (Wildman–Crippen LogP) is 1.46. The summed E-state index contributed by atoms with van der Waals surface area (Å²) in [6.45, 7) is 0. The summed E-state index contributed by atoms with van der Waals surface area (Å²) in [5.74, 6) is 0. The van der Waals surface area contributed by atoms with E-state index in [9.17, 15) is 0 Å². The highest BCUT2D eigenvalue weighted by Gasteiger charge is 2.01. The highest BCUT2D eigenvalue weighted by molar-refractivity contribution is 7.45. The molecule has 126 valence electrons. The van der Waals surface area contributed by atoms with Gasteiger partial charge in [-0.15, -0.1) is 0 Å². The quantitative estimate of drug-likeness (QED) is 0.294. The van der Waals surface area contributed by atoms with Crippen LogP contribution < -0.4 is 0 Å². The average molecular weight is 363 g/mol. The van der Waals surface area contributed by atoms with Crippen molar-refractivity contribution >= 4 is 37.5 Å². The van der Waals surface area contributed by atoms with Gasteiger partial charge in [-0.2, -0.15) is 0 Å². The summed E-state index contributed by atoms with van der Waals surface area (Å²) in [6, 6.07) is 16.8. The Bertz CT molecular complexity index is 779. The molecule has 0 bridgehead atoms. The fraction of sp³-hybridized carbons (Fsp3) is 0. The van der Waals surface area contributed by atoms with Gasteiger partial charge in [0.05, 0.1) is 0 Å². The van der Waals surface area contributed by atoms with Gasteiger partial charge in [0.25, 0.3) is 0 Å². The summed E-state index contributed by atoms with van der Waals surface area (Å²) in [5.41, 5.74) is 2.42. The monoisotopic (exact) mass is 363 g/mol. The molecule has 9 nitrogen and oxygen atoms in total. The summed E-state index contributed by atoms with van der Waals surface area (Å²) in [4.78, 5) is 46.5. The van der Waals surface area contributed by atoms with Crippen molar-refractivity contribution < 1.29 is 38.5 Å². The fourth-order valence-electron chi connectivity index (χ4n) is 1.80. The molecule has 0 atom stereocenters. The van der Waals surface area contributed by atoms with E-state index in [1.54, 1.807) is 0 Å². The number of H-pyrrole nitrogens is 1. The van der Waals surface area contributed by atoms with Gasteiger partial charge in [0, 0.05) is 21.8 Å². The van der Waals surface area contributed by atoms with E-state index in [4.69, 9.17) is 38.5 Å². The molecule has 0 saturated heterocycles. The van der Waals surface area contributed by atoms with Crippen molar-refractivity contribution in [1.82, 2.24) is 4.98 Å². The van der Waals surface area contributed by atoms with E-state index in [0.717, 1.165) is 0 Å². The van der Waals surface area contributed by atoms with Gasteiger partial charge in [-0.05, 0) is 12.1 Å². The largest absolute Gasteiger partial charge is 0.466 e. The van der Waals surface area contributed by atoms with Gasteiger partial charge in [0.2, 0.25) is 0 Å². The molecule has 1 aromatic heterocycles. The first-order chi connectivity index (χ1) is 10.4. The Labute approximate surface area is 130 Å². The average Bonchev–Trinajstić information content (AvgIpc) is 2.73. The van der Waals surface area contributed by atoms with E-state index in [1.807, 2.05) is 0 Å². The van der Waals surface area contributed by atoms with E-state index in [1.165, 1.54) is 21.8 Å².